The Morgan fingerprint density at radius 2 is 2.12 bits per heavy atom. The molecule has 0 spiro atoms. The van der Waals surface area contributed by atoms with Crippen molar-refractivity contribution in [3.63, 3.8) is 0 Å². The third-order valence-corrected chi connectivity index (χ3v) is 2.08. The van der Waals surface area contributed by atoms with E-state index in [0.29, 0.717) is 17.1 Å². The Bertz CT molecular complexity index is 500. The average Bonchev–Trinajstić information content (AvgIpc) is 2.34. The number of hydrogen-bond acceptors (Lipinski definition) is 4. The second-order valence-electron chi connectivity index (χ2n) is 3.06. The number of nitriles is 1. The normalized spacial score (nSPS) is 10.5. The Kier molecular flexibility index (Phi) is 4.12. The van der Waals surface area contributed by atoms with Crippen LogP contribution in [0.15, 0.2) is 23.8 Å². The minimum atomic E-state index is -1.28. The van der Waals surface area contributed by atoms with Gasteiger partial charge in [0.2, 0.25) is 0 Å². The average molecular weight is 233 g/mol. The molecule has 0 atom stereocenters. The molecule has 0 radical (unpaired) electrons. The first-order chi connectivity index (χ1) is 8.13. The number of rotatable bonds is 4. The van der Waals surface area contributed by atoms with Crippen molar-refractivity contribution in [3.8, 4) is 17.6 Å². The van der Waals surface area contributed by atoms with E-state index in [2.05, 4.69) is 0 Å². The number of carboxylic acid groups (broad SMARTS) is 1. The molecule has 0 amide bonds. The van der Waals surface area contributed by atoms with Crippen LogP contribution < -0.4 is 9.47 Å². The molecule has 0 bridgehead atoms. The maximum Gasteiger partial charge on any atom is 0.346 e. The third-order valence-electron chi connectivity index (χ3n) is 2.08. The summed E-state index contributed by atoms with van der Waals surface area (Å²) in [4.78, 5) is 10.7. The number of hydrogen-bond donors (Lipinski definition) is 1. The number of aliphatic carboxylic acids is 1. The van der Waals surface area contributed by atoms with Gasteiger partial charge in [-0.25, -0.2) is 4.79 Å². The van der Waals surface area contributed by atoms with Crippen molar-refractivity contribution in [1.29, 1.82) is 5.26 Å². The smallest absolute Gasteiger partial charge is 0.346 e. The van der Waals surface area contributed by atoms with Crippen LogP contribution in [0.5, 0.6) is 11.5 Å². The topological polar surface area (TPSA) is 79.5 Å². The lowest BCUT2D eigenvalue weighted by molar-refractivity contribution is -0.132. The van der Waals surface area contributed by atoms with Crippen molar-refractivity contribution in [2.75, 3.05) is 14.2 Å². The molecule has 0 aromatic heterocycles. The van der Waals surface area contributed by atoms with Gasteiger partial charge >= 0.3 is 5.97 Å². The molecule has 5 heteroatoms. The van der Waals surface area contributed by atoms with Gasteiger partial charge in [-0.15, -0.1) is 0 Å². The highest BCUT2D eigenvalue weighted by atomic mass is 16.5. The van der Waals surface area contributed by atoms with E-state index in [1.807, 2.05) is 0 Å². The highest BCUT2D eigenvalue weighted by Gasteiger charge is 2.11. The van der Waals surface area contributed by atoms with Crippen LogP contribution in [0.4, 0.5) is 0 Å². The van der Waals surface area contributed by atoms with Crippen LogP contribution in [0.3, 0.4) is 0 Å². The van der Waals surface area contributed by atoms with Crippen LogP contribution in [0.2, 0.25) is 0 Å². The van der Waals surface area contributed by atoms with Gasteiger partial charge in [0, 0.05) is 5.56 Å². The molecule has 0 unspecified atom stereocenters. The van der Waals surface area contributed by atoms with Gasteiger partial charge in [-0.3, -0.25) is 0 Å². The summed E-state index contributed by atoms with van der Waals surface area (Å²) < 4.78 is 10.2. The van der Waals surface area contributed by atoms with Gasteiger partial charge in [0.15, 0.2) is 11.5 Å². The number of para-hydroxylation sites is 1. The highest BCUT2D eigenvalue weighted by Crippen LogP contribution is 2.32. The molecule has 1 N–H and O–H groups in total. The number of nitrogens with zero attached hydrogens (tertiary/aromatic N) is 1. The predicted octanol–water partition coefficient (Wildman–Crippen LogP) is 1.70. The summed E-state index contributed by atoms with van der Waals surface area (Å²) in [6.07, 6.45) is 1.24. The summed E-state index contributed by atoms with van der Waals surface area (Å²) in [6, 6.07) is 6.61. The lowest BCUT2D eigenvalue weighted by Gasteiger charge is -2.09. The van der Waals surface area contributed by atoms with Crippen LogP contribution in [-0.4, -0.2) is 25.3 Å². The molecule has 0 aliphatic heterocycles. The largest absolute Gasteiger partial charge is 0.493 e. The number of carbonyl (C=O) groups is 1. The zero-order valence-corrected chi connectivity index (χ0v) is 9.43. The van der Waals surface area contributed by atoms with Gasteiger partial charge in [-0.2, -0.15) is 5.26 Å². The fourth-order valence-corrected chi connectivity index (χ4v) is 1.32. The van der Waals surface area contributed by atoms with E-state index in [0.717, 1.165) is 0 Å². The standard InChI is InChI=1S/C12H11NO4/c1-16-10-5-3-4-8(11(10)17-2)6-9(7-13)12(14)15/h3-6H,1-2H3,(H,14,15). The van der Waals surface area contributed by atoms with Crippen molar-refractivity contribution in [3.05, 3.63) is 29.3 Å². The minimum Gasteiger partial charge on any atom is -0.493 e. The molecular formula is C12H11NO4. The molecule has 0 saturated heterocycles. The Hall–Kier alpha value is -2.48. The lowest BCUT2D eigenvalue weighted by atomic mass is 10.1. The molecule has 0 saturated carbocycles. The van der Waals surface area contributed by atoms with Crippen LogP contribution in [-0.2, 0) is 4.79 Å². The van der Waals surface area contributed by atoms with Crippen molar-refractivity contribution < 1.29 is 19.4 Å². The molecule has 0 aliphatic rings. The van der Waals surface area contributed by atoms with Crippen LogP contribution >= 0.6 is 0 Å². The number of methoxy groups -OCH3 is 2. The van der Waals surface area contributed by atoms with E-state index in [9.17, 15) is 4.79 Å². The Labute approximate surface area is 98.5 Å². The number of ether oxygens (including phenoxy) is 2. The first kappa shape index (κ1) is 12.6. The van der Waals surface area contributed by atoms with Gasteiger partial charge in [0.1, 0.15) is 11.6 Å². The van der Waals surface area contributed by atoms with Crippen molar-refractivity contribution in [2.24, 2.45) is 0 Å². The molecule has 1 aromatic rings. The molecule has 0 fully saturated rings. The summed E-state index contributed by atoms with van der Waals surface area (Å²) >= 11 is 0. The molecular weight excluding hydrogens is 222 g/mol. The lowest BCUT2D eigenvalue weighted by Crippen LogP contribution is -1.98. The number of benzene rings is 1. The predicted molar refractivity (Wildman–Crippen MR) is 60.8 cm³/mol. The maximum atomic E-state index is 10.7. The van der Waals surface area contributed by atoms with E-state index in [1.165, 1.54) is 20.3 Å². The zero-order chi connectivity index (χ0) is 12.8. The number of carboxylic acids is 1. The van der Waals surface area contributed by atoms with Gasteiger partial charge in [-0.05, 0) is 12.1 Å². The van der Waals surface area contributed by atoms with Gasteiger partial charge < -0.3 is 14.6 Å². The molecule has 0 aliphatic carbocycles. The maximum absolute atomic E-state index is 10.7. The van der Waals surface area contributed by atoms with Gasteiger partial charge in [-0.1, -0.05) is 12.1 Å². The second-order valence-corrected chi connectivity index (χ2v) is 3.06. The van der Waals surface area contributed by atoms with Crippen molar-refractivity contribution in [2.45, 2.75) is 0 Å². The fraction of sp³-hybridized carbons (Fsp3) is 0.167. The summed E-state index contributed by atoms with van der Waals surface area (Å²) in [5.41, 5.74) is 0.113. The monoisotopic (exact) mass is 233 g/mol. The molecule has 1 aromatic carbocycles. The van der Waals surface area contributed by atoms with Crippen molar-refractivity contribution >= 4 is 12.0 Å². The van der Waals surface area contributed by atoms with Crippen molar-refractivity contribution in [1.82, 2.24) is 0 Å². The second kappa shape index (κ2) is 5.56. The minimum absolute atomic E-state index is 0.364. The summed E-state index contributed by atoms with van der Waals surface area (Å²) in [7, 11) is 2.93. The molecule has 88 valence electrons. The Morgan fingerprint density at radius 3 is 2.59 bits per heavy atom. The first-order valence-electron chi connectivity index (χ1n) is 4.70. The van der Waals surface area contributed by atoms with Crippen LogP contribution in [0, 0.1) is 11.3 Å². The quantitative estimate of drug-likeness (QED) is 0.632. The fourth-order valence-electron chi connectivity index (χ4n) is 1.32. The van der Waals surface area contributed by atoms with E-state index in [1.54, 1.807) is 24.3 Å². The Balaban J connectivity index is 3.32. The van der Waals surface area contributed by atoms with Crippen LogP contribution in [0.1, 0.15) is 5.56 Å². The van der Waals surface area contributed by atoms with E-state index in [-0.39, 0.29) is 5.57 Å². The summed E-state index contributed by atoms with van der Waals surface area (Å²) in [5.74, 6) is -0.412. The molecule has 0 heterocycles. The molecule has 17 heavy (non-hydrogen) atoms. The van der Waals surface area contributed by atoms with Gasteiger partial charge in [0.05, 0.1) is 14.2 Å². The summed E-state index contributed by atoms with van der Waals surface area (Å²) in [6.45, 7) is 0. The van der Waals surface area contributed by atoms with E-state index in [4.69, 9.17) is 19.8 Å². The molecule has 5 nitrogen and oxygen atoms in total. The molecule has 1 rings (SSSR count). The SMILES string of the molecule is COc1cccc(C=C(C#N)C(=O)O)c1OC. The first-order valence-corrected chi connectivity index (χ1v) is 4.70. The zero-order valence-electron chi connectivity index (χ0n) is 9.43. The van der Waals surface area contributed by atoms with Crippen LogP contribution in [0.25, 0.3) is 6.08 Å². The van der Waals surface area contributed by atoms with Gasteiger partial charge in [0.25, 0.3) is 0 Å². The third kappa shape index (κ3) is 2.75. The van der Waals surface area contributed by atoms with E-state index >= 15 is 0 Å². The van der Waals surface area contributed by atoms with E-state index < -0.39 is 5.97 Å². The summed E-state index contributed by atoms with van der Waals surface area (Å²) in [5, 5.41) is 17.4. The Morgan fingerprint density at radius 1 is 1.41 bits per heavy atom. The highest BCUT2D eigenvalue weighted by molar-refractivity contribution is 5.97.